The molecule has 1 saturated heterocycles. The van der Waals surface area contributed by atoms with Gasteiger partial charge in [-0.05, 0) is 55.5 Å². The number of amides is 1. The molecule has 1 amide bonds. The molecule has 2 aromatic rings. The number of carbonyl (C=O) groups is 2. The third-order valence-electron chi connectivity index (χ3n) is 4.67. The number of rotatable bonds is 8. The van der Waals surface area contributed by atoms with Crippen molar-refractivity contribution in [2.75, 3.05) is 31.6 Å². The van der Waals surface area contributed by atoms with Gasteiger partial charge >= 0.3 is 5.97 Å². The highest BCUT2D eigenvalue weighted by Crippen LogP contribution is 2.26. The number of carbonyl (C=O) groups excluding carboxylic acids is 2. The average Bonchev–Trinajstić information content (AvgIpc) is 3.30. The Morgan fingerprint density at radius 3 is 2.47 bits per heavy atom. The second kappa shape index (κ2) is 10.1. The van der Waals surface area contributed by atoms with Gasteiger partial charge in [-0.3, -0.25) is 9.59 Å². The van der Waals surface area contributed by atoms with Crippen molar-refractivity contribution in [1.29, 1.82) is 0 Å². The number of benzene rings is 1. The van der Waals surface area contributed by atoms with Gasteiger partial charge in [0.2, 0.25) is 0 Å². The van der Waals surface area contributed by atoms with E-state index in [2.05, 4.69) is 5.32 Å². The summed E-state index contributed by atoms with van der Waals surface area (Å²) in [5, 5.41) is 4.37. The van der Waals surface area contributed by atoms with Crippen molar-refractivity contribution in [3.05, 3.63) is 41.8 Å². The van der Waals surface area contributed by atoms with Gasteiger partial charge in [-0.2, -0.15) is 4.31 Å². The van der Waals surface area contributed by atoms with E-state index in [1.165, 1.54) is 15.6 Å². The molecule has 1 aliphatic heterocycles. The molecule has 0 radical (unpaired) electrons. The van der Waals surface area contributed by atoms with E-state index >= 15 is 0 Å². The van der Waals surface area contributed by atoms with Gasteiger partial charge in [0.25, 0.3) is 15.9 Å². The van der Waals surface area contributed by atoms with Crippen LogP contribution in [0.15, 0.2) is 46.0 Å². The summed E-state index contributed by atoms with van der Waals surface area (Å²) in [6.45, 7) is 2.55. The number of thiophene rings is 1. The van der Waals surface area contributed by atoms with Crippen LogP contribution in [-0.4, -0.2) is 50.9 Å². The van der Waals surface area contributed by atoms with Gasteiger partial charge < -0.3 is 14.8 Å². The van der Waals surface area contributed by atoms with E-state index in [9.17, 15) is 18.0 Å². The number of esters is 1. The molecule has 1 N–H and O–H groups in total. The van der Waals surface area contributed by atoms with E-state index in [1.807, 2.05) is 6.92 Å². The zero-order chi connectivity index (χ0) is 21.6. The summed E-state index contributed by atoms with van der Waals surface area (Å²) in [4.78, 5) is 24.3. The van der Waals surface area contributed by atoms with Gasteiger partial charge in [0.15, 0.2) is 6.61 Å². The summed E-state index contributed by atoms with van der Waals surface area (Å²) in [6, 6.07) is 10.2. The maximum atomic E-state index is 12.5. The first-order chi connectivity index (χ1) is 14.4. The lowest BCUT2D eigenvalue weighted by atomic mass is 9.98. The average molecular weight is 453 g/mol. The highest BCUT2D eigenvalue weighted by atomic mass is 32.2. The molecule has 0 bridgehead atoms. The molecule has 1 fully saturated rings. The standard InChI is InChI=1S/C20H24N2O6S2/c1-2-27-17-7-5-16(6-8-17)21-18(23)14-28-20(24)15-9-11-22(12-10-15)30(25,26)19-4-3-13-29-19/h3-8,13,15H,2,9-12,14H2,1H3,(H,21,23). The van der Waals surface area contributed by atoms with Crippen LogP contribution in [-0.2, 0) is 24.3 Å². The first-order valence-electron chi connectivity index (χ1n) is 9.63. The third-order valence-corrected chi connectivity index (χ3v) is 7.94. The lowest BCUT2D eigenvalue weighted by Gasteiger charge is -2.29. The topological polar surface area (TPSA) is 102 Å². The molecule has 0 atom stereocenters. The summed E-state index contributed by atoms with van der Waals surface area (Å²) in [5.74, 6) is -0.636. The van der Waals surface area contributed by atoms with Gasteiger partial charge in [-0.1, -0.05) is 6.07 Å². The fraction of sp³-hybridized carbons (Fsp3) is 0.400. The number of anilines is 1. The lowest BCUT2D eigenvalue weighted by Crippen LogP contribution is -2.40. The van der Waals surface area contributed by atoms with Crippen LogP contribution in [0.1, 0.15) is 19.8 Å². The lowest BCUT2D eigenvalue weighted by molar-refractivity contribution is -0.152. The molecule has 10 heteroatoms. The van der Waals surface area contributed by atoms with Gasteiger partial charge in [0, 0.05) is 18.8 Å². The third kappa shape index (κ3) is 5.59. The molecule has 0 aliphatic carbocycles. The normalized spacial score (nSPS) is 15.5. The monoisotopic (exact) mass is 452 g/mol. The minimum absolute atomic E-state index is 0.248. The second-order valence-electron chi connectivity index (χ2n) is 6.72. The summed E-state index contributed by atoms with van der Waals surface area (Å²) in [7, 11) is -3.51. The fourth-order valence-electron chi connectivity index (χ4n) is 3.12. The second-order valence-corrected chi connectivity index (χ2v) is 9.84. The molecule has 8 nitrogen and oxygen atoms in total. The van der Waals surface area contributed by atoms with Crippen LogP contribution in [0.5, 0.6) is 5.75 Å². The summed E-state index contributed by atoms with van der Waals surface area (Å²) >= 11 is 1.17. The predicted octanol–water partition coefficient (Wildman–Crippen LogP) is 2.73. The smallest absolute Gasteiger partial charge is 0.309 e. The molecule has 1 aromatic heterocycles. The summed E-state index contributed by atoms with van der Waals surface area (Å²) < 4.78 is 37.2. The molecule has 3 rings (SSSR count). The highest BCUT2D eigenvalue weighted by molar-refractivity contribution is 7.91. The van der Waals surface area contributed by atoms with Crippen molar-refractivity contribution in [2.24, 2.45) is 5.92 Å². The Kier molecular flexibility index (Phi) is 7.46. The van der Waals surface area contributed by atoms with Crippen molar-refractivity contribution < 1.29 is 27.5 Å². The molecular formula is C20H24N2O6S2. The maximum absolute atomic E-state index is 12.5. The maximum Gasteiger partial charge on any atom is 0.309 e. The van der Waals surface area contributed by atoms with E-state index < -0.39 is 27.8 Å². The Bertz CT molecular complexity index is 950. The largest absolute Gasteiger partial charge is 0.494 e. The first kappa shape index (κ1) is 22.3. The van der Waals surface area contributed by atoms with Crippen molar-refractivity contribution in [1.82, 2.24) is 4.31 Å². The van der Waals surface area contributed by atoms with Crippen LogP contribution in [0.4, 0.5) is 5.69 Å². The van der Waals surface area contributed by atoms with E-state index in [0.29, 0.717) is 35.1 Å². The number of nitrogens with one attached hydrogen (secondary N) is 1. The van der Waals surface area contributed by atoms with Gasteiger partial charge in [-0.25, -0.2) is 8.42 Å². The van der Waals surface area contributed by atoms with Crippen molar-refractivity contribution in [2.45, 2.75) is 24.0 Å². The predicted molar refractivity (Wildman–Crippen MR) is 113 cm³/mol. The van der Waals surface area contributed by atoms with Crippen molar-refractivity contribution >= 4 is 38.9 Å². The Balaban J connectivity index is 1.43. The quantitative estimate of drug-likeness (QED) is 0.618. The fourth-order valence-corrected chi connectivity index (χ4v) is 5.74. The minimum Gasteiger partial charge on any atom is -0.494 e. The minimum atomic E-state index is -3.51. The van der Waals surface area contributed by atoms with E-state index in [4.69, 9.17) is 9.47 Å². The number of sulfonamides is 1. The molecule has 1 aliphatic rings. The van der Waals surface area contributed by atoms with Crippen LogP contribution in [0.2, 0.25) is 0 Å². The van der Waals surface area contributed by atoms with Crippen LogP contribution in [0.25, 0.3) is 0 Å². The number of hydrogen-bond acceptors (Lipinski definition) is 7. The van der Waals surface area contributed by atoms with Crippen LogP contribution in [0, 0.1) is 5.92 Å². The molecule has 2 heterocycles. The van der Waals surface area contributed by atoms with Gasteiger partial charge in [-0.15, -0.1) is 11.3 Å². The van der Waals surface area contributed by atoms with Crippen LogP contribution < -0.4 is 10.1 Å². The molecule has 162 valence electrons. The number of piperidine rings is 1. The molecule has 0 unspecified atom stereocenters. The van der Waals surface area contributed by atoms with Crippen LogP contribution in [0.3, 0.4) is 0 Å². The zero-order valence-corrected chi connectivity index (χ0v) is 18.2. The number of hydrogen-bond donors (Lipinski definition) is 1. The number of nitrogens with zero attached hydrogens (tertiary/aromatic N) is 1. The SMILES string of the molecule is CCOc1ccc(NC(=O)COC(=O)C2CCN(S(=O)(=O)c3cccs3)CC2)cc1. The Morgan fingerprint density at radius 2 is 1.87 bits per heavy atom. The molecule has 30 heavy (non-hydrogen) atoms. The van der Waals surface area contributed by atoms with E-state index in [0.717, 1.165) is 0 Å². The highest BCUT2D eigenvalue weighted by Gasteiger charge is 2.33. The zero-order valence-electron chi connectivity index (χ0n) is 16.6. The van der Waals surface area contributed by atoms with Gasteiger partial charge in [0.1, 0.15) is 9.96 Å². The van der Waals surface area contributed by atoms with E-state index in [-0.39, 0.29) is 19.7 Å². The first-order valence-corrected chi connectivity index (χ1v) is 11.9. The van der Waals surface area contributed by atoms with E-state index in [1.54, 1.807) is 41.8 Å². The molecule has 0 spiro atoms. The summed E-state index contributed by atoms with van der Waals surface area (Å²) in [6.07, 6.45) is 0.730. The van der Waals surface area contributed by atoms with Gasteiger partial charge in [0.05, 0.1) is 12.5 Å². The Hall–Kier alpha value is -2.43. The van der Waals surface area contributed by atoms with Crippen molar-refractivity contribution in [3.63, 3.8) is 0 Å². The van der Waals surface area contributed by atoms with Crippen LogP contribution >= 0.6 is 11.3 Å². The van der Waals surface area contributed by atoms with Crippen molar-refractivity contribution in [3.8, 4) is 5.75 Å². The molecule has 0 saturated carbocycles. The molecular weight excluding hydrogens is 428 g/mol. The Morgan fingerprint density at radius 1 is 1.17 bits per heavy atom. The number of ether oxygens (including phenoxy) is 2. The Labute approximate surface area is 179 Å². The summed E-state index contributed by atoms with van der Waals surface area (Å²) in [5.41, 5.74) is 0.576. The molecule has 1 aromatic carbocycles.